The quantitative estimate of drug-likeness (QED) is 0.733. The molecule has 0 saturated heterocycles. The number of amides is 2. The van der Waals surface area contributed by atoms with E-state index in [4.69, 9.17) is 0 Å². The van der Waals surface area contributed by atoms with Crippen LogP contribution in [-0.4, -0.2) is 22.0 Å². The summed E-state index contributed by atoms with van der Waals surface area (Å²) < 4.78 is 0. The number of carbonyl (C=O) groups is 2. The first-order valence-electron chi connectivity index (χ1n) is 8.34. The molecule has 2 amide bonds. The molecule has 0 fully saturated rings. The van der Waals surface area contributed by atoms with Crippen LogP contribution in [0.2, 0.25) is 0 Å². The van der Waals surface area contributed by atoms with Crippen molar-refractivity contribution in [1.29, 1.82) is 0 Å². The molecule has 128 valence electrons. The van der Waals surface area contributed by atoms with E-state index in [1.807, 2.05) is 54.6 Å². The van der Waals surface area contributed by atoms with E-state index in [1.54, 1.807) is 19.9 Å². The Labute approximate surface area is 150 Å². The first kappa shape index (κ1) is 16.0. The van der Waals surface area contributed by atoms with Crippen molar-refractivity contribution < 1.29 is 9.59 Å². The van der Waals surface area contributed by atoms with Crippen molar-refractivity contribution in [3.8, 4) is 0 Å². The molecule has 1 N–H and O–H groups in total. The highest BCUT2D eigenvalue weighted by atomic mass is 16.2. The number of nitrogens with one attached hydrogen (secondary N) is 1. The predicted molar refractivity (Wildman–Crippen MR) is 102 cm³/mol. The maximum atomic E-state index is 12.5. The lowest BCUT2D eigenvalue weighted by molar-refractivity contribution is -0.120. The van der Waals surface area contributed by atoms with Gasteiger partial charge in [0.1, 0.15) is 0 Å². The third kappa shape index (κ3) is 2.45. The molecule has 1 aromatic heterocycles. The molecule has 0 unspecified atom stereocenters. The fraction of sp³-hybridized carbons (Fsp3) is 0.0952. The highest BCUT2D eigenvalue weighted by Crippen LogP contribution is 2.30. The highest BCUT2D eigenvalue weighted by Gasteiger charge is 2.35. The van der Waals surface area contributed by atoms with Gasteiger partial charge in [0.2, 0.25) is 0 Å². The number of benzene rings is 2. The predicted octanol–water partition coefficient (Wildman–Crippen LogP) is 3.94. The molecule has 0 spiro atoms. The number of imide groups is 1. The summed E-state index contributed by atoms with van der Waals surface area (Å²) >= 11 is 0. The zero-order valence-electron chi connectivity index (χ0n) is 14.5. The minimum atomic E-state index is -0.265. The van der Waals surface area contributed by atoms with Crippen molar-refractivity contribution in [3.63, 3.8) is 0 Å². The number of para-hydroxylation sites is 2. The lowest BCUT2D eigenvalue weighted by Gasteiger charge is -2.17. The lowest BCUT2D eigenvalue weighted by atomic mass is 10.1. The molecule has 1 aliphatic rings. The number of rotatable bonds is 3. The topological polar surface area (TPSA) is 66.1 Å². The van der Waals surface area contributed by atoms with E-state index in [1.165, 1.54) is 4.90 Å². The van der Waals surface area contributed by atoms with Crippen LogP contribution in [-0.2, 0) is 9.59 Å². The van der Waals surface area contributed by atoms with Crippen LogP contribution < -0.4 is 4.90 Å². The SMILES string of the molecule is CC1=C(C)C(=O)N(c2ccccc2/C=C/c2n[nH]c3ccccc23)C1=O. The zero-order valence-corrected chi connectivity index (χ0v) is 14.5. The fourth-order valence-corrected chi connectivity index (χ4v) is 3.08. The molecule has 5 heteroatoms. The maximum Gasteiger partial charge on any atom is 0.261 e. The molecule has 4 rings (SSSR count). The Hall–Kier alpha value is -3.47. The van der Waals surface area contributed by atoms with Crippen molar-refractivity contribution in [1.82, 2.24) is 10.2 Å². The molecule has 5 nitrogen and oxygen atoms in total. The molecule has 3 aromatic rings. The van der Waals surface area contributed by atoms with E-state index in [2.05, 4.69) is 10.2 Å². The van der Waals surface area contributed by atoms with Crippen molar-refractivity contribution >= 4 is 40.6 Å². The van der Waals surface area contributed by atoms with Crippen LogP contribution in [0.25, 0.3) is 23.1 Å². The van der Waals surface area contributed by atoms with E-state index >= 15 is 0 Å². The van der Waals surface area contributed by atoms with Gasteiger partial charge >= 0.3 is 0 Å². The number of carbonyl (C=O) groups excluding carboxylic acids is 2. The van der Waals surface area contributed by atoms with E-state index in [0.29, 0.717) is 16.8 Å². The van der Waals surface area contributed by atoms with Gasteiger partial charge in [-0.05, 0) is 37.6 Å². The first-order chi connectivity index (χ1) is 12.6. The smallest absolute Gasteiger partial charge is 0.261 e. The molecule has 1 aliphatic heterocycles. The number of nitrogens with zero attached hydrogens (tertiary/aromatic N) is 2. The summed E-state index contributed by atoms with van der Waals surface area (Å²) in [6.07, 6.45) is 3.76. The van der Waals surface area contributed by atoms with Gasteiger partial charge in [-0.25, -0.2) is 4.90 Å². The monoisotopic (exact) mass is 343 g/mol. The molecule has 0 bridgehead atoms. The number of anilines is 1. The van der Waals surface area contributed by atoms with Crippen LogP contribution in [0, 0.1) is 0 Å². The maximum absolute atomic E-state index is 12.5. The van der Waals surface area contributed by atoms with Crippen molar-refractivity contribution in [2.24, 2.45) is 0 Å². The van der Waals surface area contributed by atoms with Crippen molar-refractivity contribution in [3.05, 3.63) is 70.9 Å². The summed E-state index contributed by atoms with van der Waals surface area (Å²) in [6.45, 7) is 3.37. The standard InChI is InChI=1S/C21H17N3O2/c1-13-14(2)21(26)24(20(13)25)19-10-6-3-7-15(19)11-12-18-16-8-4-5-9-17(16)22-23-18/h3-12H,1-2H3,(H,22,23)/b12-11+. The van der Waals surface area contributed by atoms with E-state index in [-0.39, 0.29) is 11.8 Å². The summed E-state index contributed by atoms with van der Waals surface area (Å²) in [4.78, 5) is 26.2. The lowest BCUT2D eigenvalue weighted by Crippen LogP contribution is -2.31. The fourth-order valence-electron chi connectivity index (χ4n) is 3.08. The van der Waals surface area contributed by atoms with Gasteiger partial charge in [-0.15, -0.1) is 0 Å². The second-order valence-electron chi connectivity index (χ2n) is 6.24. The van der Waals surface area contributed by atoms with Crippen LogP contribution in [0.15, 0.2) is 59.7 Å². The Bertz CT molecular complexity index is 1080. The van der Waals surface area contributed by atoms with Gasteiger partial charge in [0.15, 0.2) is 0 Å². The summed E-state index contributed by atoms with van der Waals surface area (Å²) in [7, 11) is 0. The molecular formula is C21H17N3O2. The number of hydrogen-bond acceptors (Lipinski definition) is 3. The van der Waals surface area contributed by atoms with E-state index in [0.717, 1.165) is 22.2 Å². The number of fused-ring (bicyclic) bond motifs is 1. The van der Waals surface area contributed by atoms with Gasteiger partial charge in [0, 0.05) is 16.5 Å². The number of hydrogen-bond donors (Lipinski definition) is 1. The Morgan fingerprint density at radius 2 is 1.54 bits per heavy atom. The van der Waals surface area contributed by atoms with Crippen LogP contribution >= 0.6 is 0 Å². The second kappa shape index (κ2) is 6.11. The third-order valence-electron chi connectivity index (χ3n) is 4.71. The molecule has 0 aliphatic carbocycles. The number of aromatic amines is 1. The largest absolute Gasteiger partial charge is 0.277 e. The van der Waals surface area contributed by atoms with Crippen LogP contribution in [0.3, 0.4) is 0 Å². The van der Waals surface area contributed by atoms with Gasteiger partial charge in [-0.2, -0.15) is 5.10 Å². The van der Waals surface area contributed by atoms with Crippen molar-refractivity contribution in [2.75, 3.05) is 4.90 Å². The second-order valence-corrected chi connectivity index (χ2v) is 6.24. The Morgan fingerprint density at radius 1 is 0.885 bits per heavy atom. The molecule has 0 radical (unpaired) electrons. The Morgan fingerprint density at radius 3 is 2.31 bits per heavy atom. The van der Waals surface area contributed by atoms with Gasteiger partial charge in [0.05, 0.1) is 16.9 Å². The minimum absolute atomic E-state index is 0.265. The minimum Gasteiger partial charge on any atom is -0.277 e. The molecule has 0 saturated carbocycles. The summed E-state index contributed by atoms with van der Waals surface area (Å²) in [5.41, 5.74) is 4.11. The molecule has 0 atom stereocenters. The van der Waals surface area contributed by atoms with Crippen LogP contribution in [0.1, 0.15) is 25.1 Å². The van der Waals surface area contributed by atoms with Gasteiger partial charge in [-0.1, -0.05) is 42.5 Å². The average molecular weight is 343 g/mol. The Kier molecular flexibility index (Phi) is 3.77. The van der Waals surface area contributed by atoms with Crippen LogP contribution in [0.4, 0.5) is 5.69 Å². The van der Waals surface area contributed by atoms with Crippen molar-refractivity contribution in [2.45, 2.75) is 13.8 Å². The number of H-pyrrole nitrogens is 1. The van der Waals surface area contributed by atoms with E-state index in [9.17, 15) is 9.59 Å². The van der Waals surface area contributed by atoms with Gasteiger partial charge in [-0.3, -0.25) is 14.7 Å². The molecular weight excluding hydrogens is 326 g/mol. The normalized spacial score (nSPS) is 15.1. The molecule has 26 heavy (non-hydrogen) atoms. The van der Waals surface area contributed by atoms with Gasteiger partial charge in [0.25, 0.3) is 11.8 Å². The average Bonchev–Trinajstić information content (AvgIpc) is 3.16. The highest BCUT2D eigenvalue weighted by molar-refractivity contribution is 6.33. The van der Waals surface area contributed by atoms with Crippen LogP contribution in [0.5, 0.6) is 0 Å². The molecule has 2 heterocycles. The first-order valence-corrected chi connectivity index (χ1v) is 8.34. The van der Waals surface area contributed by atoms with E-state index < -0.39 is 0 Å². The summed E-state index contributed by atoms with van der Waals surface area (Å²) in [6, 6.07) is 15.2. The third-order valence-corrected chi connectivity index (χ3v) is 4.71. The number of aromatic nitrogens is 2. The zero-order chi connectivity index (χ0) is 18.3. The molecule has 2 aromatic carbocycles. The summed E-state index contributed by atoms with van der Waals surface area (Å²) in [5, 5.41) is 8.33. The summed E-state index contributed by atoms with van der Waals surface area (Å²) in [5.74, 6) is -0.530. The Balaban J connectivity index is 1.73. The van der Waals surface area contributed by atoms with Gasteiger partial charge < -0.3 is 0 Å².